The molecule has 1 fully saturated rings. The summed E-state index contributed by atoms with van der Waals surface area (Å²) in [5.41, 5.74) is -0.121. The number of aliphatic hydroxyl groups excluding tert-OH is 1. The summed E-state index contributed by atoms with van der Waals surface area (Å²) in [7, 11) is 0. The molecule has 0 bridgehead atoms. The molecule has 2 atom stereocenters. The number of aliphatic hydroxyl groups is 1. The summed E-state index contributed by atoms with van der Waals surface area (Å²) in [6.45, 7) is 11.8. The van der Waals surface area contributed by atoms with E-state index in [4.69, 9.17) is 4.74 Å². The summed E-state index contributed by atoms with van der Waals surface area (Å²) in [6.07, 6.45) is 4.74. The summed E-state index contributed by atoms with van der Waals surface area (Å²) in [5, 5.41) is 13.0. The lowest BCUT2D eigenvalue weighted by Gasteiger charge is -2.30. The van der Waals surface area contributed by atoms with Crippen LogP contribution in [0.4, 0.5) is 0 Å². The second-order valence-corrected chi connectivity index (χ2v) is 6.08. The van der Waals surface area contributed by atoms with Gasteiger partial charge in [0.15, 0.2) is 0 Å². The van der Waals surface area contributed by atoms with Crippen molar-refractivity contribution in [1.82, 2.24) is 10.2 Å². The molecule has 0 amide bonds. The second-order valence-electron chi connectivity index (χ2n) is 6.08. The summed E-state index contributed by atoms with van der Waals surface area (Å²) >= 11 is 0. The first-order chi connectivity index (χ1) is 9.09. The molecule has 4 heteroatoms. The van der Waals surface area contributed by atoms with E-state index in [1.807, 2.05) is 0 Å². The number of ether oxygens (including phenoxy) is 1. The minimum atomic E-state index is -0.121. The summed E-state index contributed by atoms with van der Waals surface area (Å²) in [5.74, 6) is 0. The Labute approximate surface area is 118 Å². The highest BCUT2D eigenvalue weighted by molar-refractivity contribution is 4.82. The average Bonchev–Trinajstić information content (AvgIpc) is 2.61. The van der Waals surface area contributed by atoms with E-state index in [0.29, 0.717) is 6.10 Å². The lowest BCUT2D eigenvalue weighted by atomic mass is 9.96. The maximum atomic E-state index is 9.54. The van der Waals surface area contributed by atoms with Gasteiger partial charge < -0.3 is 20.1 Å². The van der Waals surface area contributed by atoms with E-state index < -0.39 is 0 Å². The molecule has 0 aromatic rings. The van der Waals surface area contributed by atoms with Crippen molar-refractivity contribution in [2.75, 3.05) is 39.4 Å². The highest BCUT2D eigenvalue weighted by Crippen LogP contribution is 2.13. The second kappa shape index (κ2) is 8.90. The maximum absolute atomic E-state index is 9.54. The van der Waals surface area contributed by atoms with Gasteiger partial charge in [-0.25, -0.2) is 0 Å². The Balaban J connectivity index is 2.26. The first-order valence-electron chi connectivity index (χ1n) is 7.79. The third-order valence-electron chi connectivity index (χ3n) is 3.89. The van der Waals surface area contributed by atoms with Crippen molar-refractivity contribution < 1.29 is 9.84 Å². The molecule has 4 nitrogen and oxygen atoms in total. The topological polar surface area (TPSA) is 44.7 Å². The van der Waals surface area contributed by atoms with Gasteiger partial charge in [-0.1, -0.05) is 6.92 Å². The van der Waals surface area contributed by atoms with Crippen molar-refractivity contribution in [3.63, 3.8) is 0 Å². The van der Waals surface area contributed by atoms with Crippen molar-refractivity contribution >= 4 is 0 Å². The van der Waals surface area contributed by atoms with E-state index in [9.17, 15) is 5.11 Å². The molecule has 0 saturated carbocycles. The summed E-state index contributed by atoms with van der Waals surface area (Å²) in [6, 6.07) is 0. The van der Waals surface area contributed by atoms with E-state index >= 15 is 0 Å². The lowest BCUT2D eigenvalue weighted by Crippen LogP contribution is -2.46. The molecule has 2 N–H and O–H groups in total. The number of nitrogens with one attached hydrogen (secondary N) is 1. The van der Waals surface area contributed by atoms with E-state index in [0.717, 1.165) is 58.5 Å². The fraction of sp³-hybridized carbons (Fsp3) is 1.00. The van der Waals surface area contributed by atoms with Gasteiger partial charge in [0.05, 0.1) is 12.7 Å². The Bertz CT molecular complexity index is 238. The van der Waals surface area contributed by atoms with Crippen LogP contribution in [0.5, 0.6) is 0 Å². The molecule has 1 saturated heterocycles. The average molecular weight is 272 g/mol. The van der Waals surface area contributed by atoms with Crippen LogP contribution in [0.2, 0.25) is 0 Å². The van der Waals surface area contributed by atoms with Gasteiger partial charge in [0.2, 0.25) is 0 Å². The Morgan fingerprint density at radius 2 is 2.26 bits per heavy atom. The van der Waals surface area contributed by atoms with Gasteiger partial charge >= 0.3 is 0 Å². The minimum absolute atomic E-state index is 0.121. The molecule has 1 rings (SSSR count). The van der Waals surface area contributed by atoms with Crippen LogP contribution >= 0.6 is 0 Å². The molecule has 0 radical (unpaired) electrons. The van der Waals surface area contributed by atoms with E-state index in [1.54, 1.807) is 0 Å². The molecule has 1 aliphatic heterocycles. The molecule has 19 heavy (non-hydrogen) atoms. The van der Waals surface area contributed by atoms with Crippen LogP contribution in [-0.2, 0) is 4.74 Å². The van der Waals surface area contributed by atoms with Crippen molar-refractivity contribution in [3.8, 4) is 0 Å². The molecule has 0 aromatic carbocycles. The van der Waals surface area contributed by atoms with Gasteiger partial charge in [0.25, 0.3) is 0 Å². The Morgan fingerprint density at radius 1 is 1.47 bits per heavy atom. The van der Waals surface area contributed by atoms with Crippen molar-refractivity contribution in [3.05, 3.63) is 0 Å². The van der Waals surface area contributed by atoms with E-state index in [-0.39, 0.29) is 12.1 Å². The van der Waals surface area contributed by atoms with E-state index in [2.05, 4.69) is 31.0 Å². The summed E-state index contributed by atoms with van der Waals surface area (Å²) in [4.78, 5) is 2.50. The van der Waals surface area contributed by atoms with Gasteiger partial charge in [-0.2, -0.15) is 0 Å². The number of nitrogens with zero attached hydrogens (tertiary/aromatic N) is 1. The fourth-order valence-corrected chi connectivity index (χ4v) is 2.63. The highest BCUT2D eigenvalue weighted by Gasteiger charge is 2.22. The van der Waals surface area contributed by atoms with Gasteiger partial charge in [-0.3, -0.25) is 0 Å². The quantitative estimate of drug-likeness (QED) is 0.705. The van der Waals surface area contributed by atoms with Crippen LogP contribution in [0.15, 0.2) is 0 Å². The van der Waals surface area contributed by atoms with Gasteiger partial charge in [0, 0.05) is 25.2 Å². The van der Waals surface area contributed by atoms with Crippen LogP contribution in [-0.4, -0.2) is 61.0 Å². The monoisotopic (exact) mass is 272 g/mol. The zero-order chi connectivity index (χ0) is 14.1. The molecular weight excluding hydrogens is 240 g/mol. The third-order valence-corrected chi connectivity index (χ3v) is 3.89. The van der Waals surface area contributed by atoms with Crippen molar-refractivity contribution in [2.45, 2.75) is 58.1 Å². The Kier molecular flexibility index (Phi) is 7.91. The van der Waals surface area contributed by atoms with Crippen LogP contribution in [0.1, 0.15) is 46.5 Å². The lowest BCUT2D eigenvalue weighted by molar-refractivity contribution is 0.0669. The standard InChI is InChI=1S/C15H32N2O2/c1-4-8-16-15(3,13-18)7-5-9-17-10-6-11-19-14(2)12-17/h14,16,18H,4-13H2,1-3H3. The smallest absolute Gasteiger partial charge is 0.0673 e. The van der Waals surface area contributed by atoms with Crippen LogP contribution < -0.4 is 5.32 Å². The molecule has 0 aliphatic carbocycles. The molecule has 1 aliphatic rings. The number of hydrogen-bond acceptors (Lipinski definition) is 4. The molecule has 2 unspecified atom stereocenters. The van der Waals surface area contributed by atoms with Crippen LogP contribution in [0, 0.1) is 0 Å². The van der Waals surface area contributed by atoms with Crippen molar-refractivity contribution in [2.24, 2.45) is 0 Å². The molecule has 0 aromatic heterocycles. The summed E-state index contributed by atoms with van der Waals surface area (Å²) < 4.78 is 5.66. The zero-order valence-corrected chi connectivity index (χ0v) is 13.0. The van der Waals surface area contributed by atoms with Gasteiger partial charge in [0.1, 0.15) is 0 Å². The normalized spacial score (nSPS) is 24.9. The SMILES string of the molecule is CCCNC(C)(CO)CCCN1CCCOC(C)C1. The first-order valence-corrected chi connectivity index (χ1v) is 7.79. The van der Waals surface area contributed by atoms with Crippen LogP contribution in [0.25, 0.3) is 0 Å². The highest BCUT2D eigenvalue weighted by atomic mass is 16.5. The zero-order valence-electron chi connectivity index (χ0n) is 13.0. The van der Waals surface area contributed by atoms with Crippen LogP contribution in [0.3, 0.4) is 0 Å². The fourth-order valence-electron chi connectivity index (χ4n) is 2.63. The predicted molar refractivity (Wildman–Crippen MR) is 79.5 cm³/mol. The Hall–Kier alpha value is -0.160. The van der Waals surface area contributed by atoms with E-state index in [1.165, 1.54) is 0 Å². The maximum Gasteiger partial charge on any atom is 0.0673 e. The largest absolute Gasteiger partial charge is 0.394 e. The number of rotatable bonds is 8. The van der Waals surface area contributed by atoms with Crippen molar-refractivity contribution in [1.29, 1.82) is 0 Å². The first kappa shape index (κ1) is 16.9. The third kappa shape index (κ3) is 6.70. The molecule has 1 heterocycles. The minimum Gasteiger partial charge on any atom is -0.394 e. The van der Waals surface area contributed by atoms with Gasteiger partial charge in [-0.15, -0.1) is 0 Å². The molecule has 0 spiro atoms. The predicted octanol–water partition coefficient (Wildman–Crippen LogP) is 1.63. The number of hydrogen-bond donors (Lipinski definition) is 2. The molecule has 114 valence electrons. The molecular formula is C15H32N2O2. The van der Waals surface area contributed by atoms with Gasteiger partial charge in [-0.05, 0) is 52.6 Å². The Morgan fingerprint density at radius 3 is 2.95 bits per heavy atom.